The van der Waals surface area contributed by atoms with Crippen LogP contribution in [-0.4, -0.2) is 15.0 Å². The molecule has 0 amide bonds. The van der Waals surface area contributed by atoms with E-state index < -0.39 is 0 Å². The van der Waals surface area contributed by atoms with Crippen LogP contribution in [0.3, 0.4) is 0 Å². The van der Waals surface area contributed by atoms with Gasteiger partial charge in [0.15, 0.2) is 5.13 Å². The molecule has 0 bridgehead atoms. The highest BCUT2D eigenvalue weighted by Gasteiger charge is 2.10. The van der Waals surface area contributed by atoms with E-state index in [1.807, 2.05) is 31.3 Å². The van der Waals surface area contributed by atoms with E-state index in [2.05, 4.69) is 20.3 Å². The average Bonchev–Trinajstić information content (AvgIpc) is 2.83. The fraction of sp³-hybridized carbons (Fsp3) is 0.0714. The lowest BCUT2D eigenvalue weighted by Gasteiger charge is -2.01. The Bertz CT molecular complexity index is 710. The van der Waals surface area contributed by atoms with Crippen molar-refractivity contribution in [1.29, 1.82) is 0 Å². The third-order valence-electron chi connectivity index (χ3n) is 2.71. The minimum atomic E-state index is 0.474. The van der Waals surface area contributed by atoms with Gasteiger partial charge >= 0.3 is 0 Å². The van der Waals surface area contributed by atoms with Gasteiger partial charge in [0.25, 0.3) is 0 Å². The second kappa shape index (κ2) is 5.56. The molecule has 0 saturated heterocycles. The maximum Gasteiger partial charge on any atom is 0.188 e. The predicted octanol–water partition coefficient (Wildman–Crippen LogP) is 4.31. The second-order valence-corrected chi connectivity index (χ2v) is 5.75. The molecule has 0 spiro atoms. The van der Waals surface area contributed by atoms with Crippen molar-refractivity contribution < 1.29 is 0 Å². The number of aryl methyl sites for hydroxylation is 1. The lowest BCUT2D eigenvalue weighted by molar-refractivity contribution is 1.28. The zero-order chi connectivity index (χ0) is 13.9. The molecule has 100 valence electrons. The van der Waals surface area contributed by atoms with Gasteiger partial charge in [-0.05, 0) is 31.2 Å². The molecular formula is C14H11ClN4S. The van der Waals surface area contributed by atoms with Crippen molar-refractivity contribution in [3.8, 4) is 11.3 Å². The summed E-state index contributed by atoms with van der Waals surface area (Å²) in [6.07, 6.45) is 5.25. The Kier molecular flexibility index (Phi) is 3.62. The van der Waals surface area contributed by atoms with E-state index in [-0.39, 0.29) is 0 Å². The van der Waals surface area contributed by atoms with Crippen LogP contribution in [0.4, 0.5) is 10.8 Å². The third-order valence-corrected chi connectivity index (χ3v) is 3.82. The SMILES string of the molecule is Cc1sc(Nc2ccc(Cl)nc2)nc1-c1cccnc1. The summed E-state index contributed by atoms with van der Waals surface area (Å²) in [5.41, 5.74) is 2.83. The van der Waals surface area contributed by atoms with E-state index >= 15 is 0 Å². The first-order valence-corrected chi connectivity index (χ1v) is 7.18. The highest BCUT2D eigenvalue weighted by atomic mass is 35.5. The smallest absolute Gasteiger partial charge is 0.188 e. The summed E-state index contributed by atoms with van der Waals surface area (Å²) in [6, 6.07) is 7.52. The Hall–Kier alpha value is -1.98. The molecule has 0 aliphatic rings. The van der Waals surface area contributed by atoms with Crippen LogP contribution in [-0.2, 0) is 0 Å². The van der Waals surface area contributed by atoms with E-state index in [9.17, 15) is 0 Å². The Morgan fingerprint density at radius 2 is 2.10 bits per heavy atom. The lowest BCUT2D eigenvalue weighted by Crippen LogP contribution is -1.90. The molecule has 0 unspecified atom stereocenters. The Labute approximate surface area is 125 Å². The van der Waals surface area contributed by atoms with E-state index in [0.29, 0.717) is 5.15 Å². The summed E-state index contributed by atoms with van der Waals surface area (Å²) in [5, 5.41) is 4.53. The number of hydrogen-bond acceptors (Lipinski definition) is 5. The van der Waals surface area contributed by atoms with Crippen LogP contribution in [0.2, 0.25) is 5.15 Å². The molecular weight excluding hydrogens is 292 g/mol. The highest BCUT2D eigenvalue weighted by molar-refractivity contribution is 7.16. The first kappa shape index (κ1) is 13.0. The maximum atomic E-state index is 5.77. The molecule has 0 aliphatic carbocycles. The highest BCUT2D eigenvalue weighted by Crippen LogP contribution is 2.31. The number of aromatic nitrogens is 3. The first-order chi connectivity index (χ1) is 9.72. The van der Waals surface area contributed by atoms with Gasteiger partial charge in [-0.1, -0.05) is 11.6 Å². The van der Waals surface area contributed by atoms with Crippen molar-refractivity contribution in [2.24, 2.45) is 0 Å². The third kappa shape index (κ3) is 2.79. The molecule has 20 heavy (non-hydrogen) atoms. The Morgan fingerprint density at radius 3 is 2.80 bits per heavy atom. The number of pyridine rings is 2. The van der Waals surface area contributed by atoms with Gasteiger partial charge in [-0.3, -0.25) is 4.98 Å². The average molecular weight is 303 g/mol. The minimum absolute atomic E-state index is 0.474. The summed E-state index contributed by atoms with van der Waals surface area (Å²) in [5.74, 6) is 0. The van der Waals surface area contributed by atoms with Gasteiger partial charge in [0.05, 0.1) is 17.6 Å². The number of nitrogens with zero attached hydrogens (tertiary/aromatic N) is 3. The van der Waals surface area contributed by atoms with Crippen LogP contribution in [0, 0.1) is 6.92 Å². The predicted molar refractivity (Wildman–Crippen MR) is 82.6 cm³/mol. The number of rotatable bonds is 3. The molecule has 4 nitrogen and oxygen atoms in total. The minimum Gasteiger partial charge on any atom is -0.330 e. The molecule has 3 heterocycles. The fourth-order valence-corrected chi connectivity index (χ4v) is 2.76. The Balaban J connectivity index is 1.87. The van der Waals surface area contributed by atoms with Gasteiger partial charge in [0.1, 0.15) is 5.15 Å². The number of hydrogen-bond donors (Lipinski definition) is 1. The molecule has 0 aromatic carbocycles. The molecule has 0 atom stereocenters. The van der Waals surface area contributed by atoms with Gasteiger partial charge in [-0.15, -0.1) is 11.3 Å². The maximum absolute atomic E-state index is 5.77. The fourth-order valence-electron chi connectivity index (χ4n) is 1.79. The normalized spacial score (nSPS) is 10.5. The summed E-state index contributed by atoms with van der Waals surface area (Å²) in [4.78, 5) is 13.9. The van der Waals surface area contributed by atoms with Crippen molar-refractivity contribution in [3.63, 3.8) is 0 Å². The van der Waals surface area contributed by atoms with Gasteiger partial charge in [-0.2, -0.15) is 0 Å². The molecule has 0 radical (unpaired) electrons. The molecule has 3 aromatic heterocycles. The molecule has 3 aromatic rings. The van der Waals surface area contributed by atoms with Crippen molar-refractivity contribution in [2.45, 2.75) is 6.92 Å². The van der Waals surface area contributed by atoms with Gasteiger partial charge in [0.2, 0.25) is 0 Å². The van der Waals surface area contributed by atoms with E-state index in [4.69, 9.17) is 11.6 Å². The van der Waals surface area contributed by atoms with Crippen LogP contribution < -0.4 is 5.32 Å². The quantitative estimate of drug-likeness (QED) is 0.733. The van der Waals surface area contributed by atoms with Crippen LogP contribution in [0.25, 0.3) is 11.3 Å². The summed E-state index contributed by atoms with van der Waals surface area (Å²) in [7, 11) is 0. The van der Waals surface area contributed by atoms with Crippen LogP contribution in [0.15, 0.2) is 42.9 Å². The van der Waals surface area contributed by atoms with Gasteiger partial charge < -0.3 is 5.32 Å². The molecule has 0 aliphatic heterocycles. The molecule has 6 heteroatoms. The topological polar surface area (TPSA) is 50.7 Å². The molecule has 3 rings (SSSR count). The largest absolute Gasteiger partial charge is 0.330 e. The Morgan fingerprint density at radius 1 is 1.20 bits per heavy atom. The standard InChI is InChI=1S/C14H11ClN4S/c1-9-13(10-3-2-6-16-7-10)19-14(20-9)18-11-4-5-12(15)17-8-11/h2-8H,1H3,(H,18,19). The van der Waals surface area contributed by atoms with Crippen LogP contribution in [0.5, 0.6) is 0 Å². The van der Waals surface area contributed by atoms with Gasteiger partial charge in [-0.25, -0.2) is 9.97 Å². The lowest BCUT2D eigenvalue weighted by atomic mass is 10.2. The number of thiazole rings is 1. The summed E-state index contributed by atoms with van der Waals surface area (Å²) >= 11 is 7.36. The molecule has 0 saturated carbocycles. The van der Waals surface area contributed by atoms with Crippen molar-refractivity contribution in [1.82, 2.24) is 15.0 Å². The second-order valence-electron chi connectivity index (χ2n) is 4.16. The summed E-state index contributed by atoms with van der Waals surface area (Å²) < 4.78 is 0. The van der Waals surface area contributed by atoms with Gasteiger partial charge in [0, 0.05) is 22.8 Å². The van der Waals surface area contributed by atoms with E-state index in [1.54, 1.807) is 29.8 Å². The zero-order valence-electron chi connectivity index (χ0n) is 10.7. The van der Waals surface area contributed by atoms with Crippen LogP contribution in [0.1, 0.15) is 4.88 Å². The number of halogens is 1. The van der Waals surface area contributed by atoms with E-state index in [0.717, 1.165) is 27.0 Å². The number of anilines is 2. The first-order valence-electron chi connectivity index (χ1n) is 5.99. The van der Waals surface area contributed by atoms with E-state index in [1.165, 1.54) is 0 Å². The van der Waals surface area contributed by atoms with Crippen LogP contribution >= 0.6 is 22.9 Å². The van der Waals surface area contributed by atoms with Crippen molar-refractivity contribution >= 4 is 33.8 Å². The molecule has 1 N–H and O–H groups in total. The zero-order valence-corrected chi connectivity index (χ0v) is 12.2. The van der Waals surface area contributed by atoms with Crippen molar-refractivity contribution in [3.05, 3.63) is 52.9 Å². The summed E-state index contributed by atoms with van der Waals surface area (Å²) in [6.45, 7) is 2.05. The monoisotopic (exact) mass is 302 g/mol. The number of nitrogens with one attached hydrogen (secondary N) is 1. The molecule has 0 fully saturated rings. The van der Waals surface area contributed by atoms with Crippen molar-refractivity contribution in [2.75, 3.05) is 5.32 Å².